The molecule has 0 aliphatic heterocycles. The molecule has 1 unspecified atom stereocenters. The molecule has 0 radical (unpaired) electrons. The van der Waals surface area contributed by atoms with Crippen molar-refractivity contribution in [1.82, 2.24) is 4.98 Å². The number of hydrogen-bond donors (Lipinski definition) is 3. The standard InChI is InChI=1S/C14H17NO4/c1-4-19-14(18)13(17)9-5-6-10-11(12(9)16)7(2)8(3)15-10/h5-6,13,15-17H,4H2,1-3H3. The number of aliphatic hydroxyl groups is 1. The van der Waals surface area contributed by atoms with E-state index in [0.717, 1.165) is 16.8 Å². The van der Waals surface area contributed by atoms with Crippen LogP contribution >= 0.6 is 0 Å². The molecule has 19 heavy (non-hydrogen) atoms. The quantitative estimate of drug-likeness (QED) is 0.740. The van der Waals surface area contributed by atoms with E-state index in [1.54, 1.807) is 13.0 Å². The number of fused-ring (bicyclic) bond motifs is 1. The van der Waals surface area contributed by atoms with Gasteiger partial charge in [0.25, 0.3) is 0 Å². The number of phenols is 1. The first-order chi connectivity index (χ1) is 8.97. The van der Waals surface area contributed by atoms with Crippen LogP contribution in [0.25, 0.3) is 10.9 Å². The molecule has 102 valence electrons. The van der Waals surface area contributed by atoms with Crippen LogP contribution in [0.2, 0.25) is 0 Å². The van der Waals surface area contributed by atoms with Crippen LogP contribution in [0.4, 0.5) is 0 Å². The van der Waals surface area contributed by atoms with Gasteiger partial charge >= 0.3 is 5.97 Å². The van der Waals surface area contributed by atoms with Gasteiger partial charge < -0.3 is 19.9 Å². The van der Waals surface area contributed by atoms with Crippen molar-refractivity contribution in [1.29, 1.82) is 0 Å². The van der Waals surface area contributed by atoms with Gasteiger partial charge in [0.2, 0.25) is 0 Å². The number of hydrogen-bond acceptors (Lipinski definition) is 4. The molecule has 1 aromatic carbocycles. The second kappa shape index (κ2) is 4.93. The topological polar surface area (TPSA) is 82.5 Å². The first-order valence-corrected chi connectivity index (χ1v) is 6.12. The molecule has 5 heteroatoms. The van der Waals surface area contributed by atoms with E-state index >= 15 is 0 Å². The van der Waals surface area contributed by atoms with Gasteiger partial charge in [-0.15, -0.1) is 0 Å². The van der Waals surface area contributed by atoms with Crippen molar-refractivity contribution in [3.8, 4) is 5.75 Å². The minimum absolute atomic E-state index is 0.0834. The average molecular weight is 263 g/mol. The zero-order chi connectivity index (χ0) is 14.2. The number of carbonyl (C=O) groups excluding carboxylic acids is 1. The molecular weight excluding hydrogens is 246 g/mol. The molecule has 0 aliphatic rings. The lowest BCUT2D eigenvalue weighted by molar-refractivity contribution is -0.153. The lowest BCUT2D eigenvalue weighted by Crippen LogP contribution is -2.15. The van der Waals surface area contributed by atoms with Gasteiger partial charge in [0.1, 0.15) is 5.75 Å². The van der Waals surface area contributed by atoms with E-state index < -0.39 is 12.1 Å². The Morgan fingerprint density at radius 3 is 2.74 bits per heavy atom. The highest BCUT2D eigenvalue weighted by Crippen LogP contribution is 2.36. The summed E-state index contributed by atoms with van der Waals surface area (Å²) in [5, 5.41) is 20.8. The number of aromatic nitrogens is 1. The van der Waals surface area contributed by atoms with E-state index in [2.05, 4.69) is 4.98 Å². The summed E-state index contributed by atoms with van der Waals surface area (Å²) < 4.78 is 4.75. The number of aliphatic hydroxyl groups excluding tert-OH is 1. The van der Waals surface area contributed by atoms with Crippen LogP contribution in [-0.2, 0) is 9.53 Å². The van der Waals surface area contributed by atoms with Gasteiger partial charge in [-0.25, -0.2) is 4.79 Å². The molecule has 1 aromatic heterocycles. The predicted molar refractivity (Wildman–Crippen MR) is 71.0 cm³/mol. The molecule has 5 nitrogen and oxygen atoms in total. The van der Waals surface area contributed by atoms with Crippen LogP contribution in [-0.4, -0.2) is 27.8 Å². The van der Waals surface area contributed by atoms with Gasteiger partial charge in [0.15, 0.2) is 6.10 Å². The van der Waals surface area contributed by atoms with Crippen LogP contribution in [0, 0.1) is 13.8 Å². The Balaban J connectivity index is 2.53. The summed E-state index contributed by atoms with van der Waals surface area (Å²) in [6, 6.07) is 3.25. The lowest BCUT2D eigenvalue weighted by atomic mass is 10.0. The number of aromatic amines is 1. The van der Waals surface area contributed by atoms with Gasteiger partial charge in [-0.3, -0.25) is 0 Å². The summed E-state index contributed by atoms with van der Waals surface area (Å²) in [6.07, 6.45) is -1.47. The lowest BCUT2D eigenvalue weighted by Gasteiger charge is -2.12. The van der Waals surface area contributed by atoms with Crippen LogP contribution in [0.15, 0.2) is 12.1 Å². The van der Waals surface area contributed by atoms with E-state index in [1.807, 2.05) is 13.8 Å². The number of nitrogens with one attached hydrogen (secondary N) is 1. The van der Waals surface area contributed by atoms with Gasteiger partial charge in [-0.1, -0.05) is 6.07 Å². The summed E-state index contributed by atoms with van der Waals surface area (Å²) in [6.45, 7) is 5.61. The highest BCUT2D eigenvalue weighted by Gasteiger charge is 2.24. The van der Waals surface area contributed by atoms with Crippen LogP contribution in [0.1, 0.15) is 29.8 Å². The second-order valence-electron chi connectivity index (χ2n) is 4.46. The van der Waals surface area contributed by atoms with Crippen molar-refractivity contribution in [3.63, 3.8) is 0 Å². The van der Waals surface area contributed by atoms with E-state index in [1.165, 1.54) is 6.07 Å². The van der Waals surface area contributed by atoms with Crippen molar-refractivity contribution < 1.29 is 19.7 Å². The number of carbonyl (C=O) groups is 1. The third-order valence-corrected chi connectivity index (χ3v) is 3.27. The molecule has 1 atom stereocenters. The second-order valence-corrected chi connectivity index (χ2v) is 4.46. The predicted octanol–water partition coefficient (Wildman–Crippen LogP) is 2.09. The molecule has 3 N–H and O–H groups in total. The smallest absolute Gasteiger partial charge is 0.339 e. The van der Waals surface area contributed by atoms with Crippen molar-refractivity contribution in [2.45, 2.75) is 26.9 Å². The normalized spacial score (nSPS) is 12.6. The Hall–Kier alpha value is -2.01. The molecular formula is C14H17NO4. The van der Waals surface area contributed by atoms with Crippen molar-refractivity contribution >= 4 is 16.9 Å². The number of ether oxygens (including phenoxy) is 1. The minimum Gasteiger partial charge on any atom is -0.507 e. The monoisotopic (exact) mass is 263 g/mol. The first kappa shape index (κ1) is 13.4. The third kappa shape index (κ3) is 2.17. The van der Waals surface area contributed by atoms with Gasteiger partial charge in [0, 0.05) is 22.2 Å². The van der Waals surface area contributed by atoms with Crippen LogP contribution in [0.3, 0.4) is 0 Å². The molecule has 0 saturated carbocycles. The van der Waals surface area contributed by atoms with Gasteiger partial charge in [-0.05, 0) is 32.4 Å². The maximum absolute atomic E-state index is 11.5. The highest BCUT2D eigenvalue weighted by atomic mass is 16.5. The molecule has 0 saturated heterocycles. The molecule has 0 spiro atoms. The van der Waals surface area contributed by atoms with E-state index in [-0.39, 0.29) is 17.9 Å². The Kier molecular flexibility index (Phi) is 3.48. The van der Waals surface area contributed by atoms with Gasteiger partial charge in [-0.2, -0.15) is 0 Å². The number of benzene rings is 1. The largest absolute Gasteiger partial charge is 0.507 e. The SMILES string of the molecule is CCOC(=O)C(O)c1ccc2[nH]c(C)c(C)c2c1O. The molecule has 2 rings (SSSR count). The zero-order valence-corrected chi connectivity index (χ0v) is 11.2. The molecule has 1 heterocycles. The van der Waals surface area contributed by atoms with E-state index in [4.69, 9.17) is 4.74 Å². The number of aromatic hydroxyl groups is 1. The Morgan fingerprint density at radius 2 is 2.11 bits per heavy atom. The number of rotatable bonds is 3. The van der Waals surface area contributed by atoms with Crippen molar-refractivity contribution in [2.75, 3.05) is 6.61 Å². The molecule has 0 fully saturated rings. The van der Waals surface area contributed by atoms with E-state index in [0.29, 0.717) is 5.39 Å². The van der Waals surface area contributed by atoms with Crippen molar-refractivity contribution in [2.24, 2.45) is 0 Å². The molecule has 0 aliphatic carbocycles. The maximum atomic E-state index is 11.5. The number of phenolic OH excluding ortho intramolecular Hbond substituents is 1. The average Bonchev–Trinajstić information content (AvgIpc) is 2.66. The molecule has 2 aromatic rings. The fourth-order valence-electron chi connectivity index (χ4n) is 2.14. The molecule has 0 amide bonds. The Morgan fingerprint density at radius 1 is 1.42 bits per heavy atom. The van der Waals surface area contributed by atoms with E-state index in [9.17, 15) is 15.0 Å². The van der Waals surface area contributed by atoms with Gasteiger partial charge in [0.05, 0.1) is 6.61 Å². The van der Waals surface area contributed by atoms with Crippen LogP contribution < -0.4 is 0 Å². The summed E-state index contributed by atoms with van der Waals surface area (Å²) in [7, 11) is 0. The summed E-state index contributed by atoms with van der Waals surface area (Å²) >= 11 is 0. The number of H-pyrrole nitrogens is 1. The van der Waals surface area contributed by atoms with Crippen molar-refractivity contribution in [3.05, 3.63) is 29.0 Å². The maximum Gasteiger partial charge on any atom is 0.339 e. The highest BCUT2D eigenvalue weighted by molar-refractivity contribution is 5.93. The molecule has 0 bridgehead atoms. The zero-order valence-electron chi connectivity index (χ0n) is 11.2. The Bertz CT molecular complexity index is 630. The van der Waals surface area contributed by atoms with Crippen LogP contribution in [0.5, 0.6) is 5.75 Å². The number of esters is 1. The fraction of sp³-hybridized carbons (Fsp3) is 0.357. The summed E-state index contributed by atoms with van der Waals surface area (Å²) in [4.78, 5) is 14.7. The number of aryl methyl sites for hydroxylation is 2. The fourth-order valence-corrected chi connectivity index (χ4v) is 2.14. The first-order valence-electron chi connectivity index (χ1n) is 6.12. The summed E-state index contributed by atoms with van der Waals surface area (Å²) in [5.41, 5.74) is 2.76. The Labute approximate surface area is 110 Å². The third-order valence-electron chi connectivity index (χ3n) is 3.27. The minimum atomic E-state index is -1.47. The summed E-state index contributed by atoms with van der Waals surface area (Å²) in [5.74, 6) is -0.845.